The maximum atomic E-state index is 13.0. The lowest BCUT2D eigenvalue weighted by atomic mass is 10.1. The summed E-state index contributed by atoms with van der Waals surface area (Å²) in [7, 11) is 1.69. The average Bonchev–Trinajstić information content (AvgIpc) is 3.17. The van der Waals surface area contributed by atoms with Crippen LogP contribution in [0.4, 0.5) is 5.69 Å². The predicted molar refractivity (Wildman–Crippen MR) is 115 cm³/mol. The summed E-state index contributed by atoms with van der Waals surface area (Å²) in [5.41, 5.74) is 3.93. The molecule has 0 radical (unpaired) electrons. The largest absolute Gasteiger partial charge is 0.480 e. The van der Waals surface area contributed by atoms with E-state index in [4.69, 9.17) is 4.74 Å². The number of aliphatic carboxylic acids is 1. The minimum absolute atomic E-state index is 0.136. The highest BCUT2D eigenvalue weighted by Gasteiger charge is 2.27. The summed E-state index contributed by atoms with van der Waals surface area (Å²) < 4.78 is 5.05. The van der Waals surface area contributed by atoms with Gasteiger partial charge in [-0.2, -0.15) is 0 Å². The highest BCUT2D eigenvalue weighted by Crippen LogP contribution is 2.25. The van der Waals surface area contributed by atoms with Gasteiger partial charge in [-0.15, -0.1) is 0 Å². The van der Waals surface area contributed by atoms with Gasteiger partial charge >= 0.3 is 11.9 Å². The number of amides is 1. The molecule has 2 aromatic rings. The summed E-state index contributed by atoms with van der Waals surface area (Å²) in [4.78, 5) is 38.1. The molecule has 1 N–H and O–H groups in total. The van der Waals surface area contributed by atoms with Gasteiger partial charge in [-0.05, 0) is 42.7 Å². The number of aryl methyl sites for hydroxylation is 1. The second-order valence-corrected chi connectivity index (χ2v) is 7.48. The lowest BCUT2D eigenvalue weighted by molar-refractivity contribution is -0.145. The number of fused-ring (bicyclic) bond motifs is 1. The predicted octanol–water partition coefficient (Wildman–Crippen LogP) is 2.45. The quantitative estimate of drug-likeness (QED) is 0.650. The molecule has 164 valence electrons. The van der Waals surface area contributed by atoms with Gasteiger partial charge in [0.2, 0.25) is 0 Å². The third-order valence-electron chi connectivity index (χ3n) is 5.32. The standard InChI is InChI=1S/C23H27N3O5/c1-4-31-23(30)17-10-9-16(2)20(11-17)25(15-22(28)29)14-21(27)24(3)26-12-18-7-5-6-8-19(18)13-26/h5-11H,4,12-15H2,1-3H3,(H,28,29). The molecule has 0 unspecified atom stereocenters. The van der Waals surface area contributed by atoms with Gasteiger partial charge in [-0.25, -0.2) is 9.80 Å². The first-order valence-corrected chi connectivity index (χ1v) is 10.1. The van der Waals surface area contributed by atoms with Gasteiger partial charge in [0.25, 0.3) is 5.91 Å². The Morgan fingerprint density at radius 3 is 2.29 bits per heavy atom. The number of carboxylic acid groups (broad SMARTS) is 1. The van der Waals surface area contributed by atoms with Crippen LogP contribution in [0.3, 0.4) is 0 Å². The summed E-state index contributed by atoms with van der Waals surface area (Å²) in [6, 6.07) is 12.9. The number of rotatable bonds is 8. The Labute approximate surface area is 181 Å². The van der Waals surface area contributed by atoms with Crippen LogP contribution in [0.2, 0.25) is 0 Å². The second-order valence-electron chi connectivity index (χ2n) is 7.48. The zero-order chi connectivity index (χ0) is 22.5. The van der Waals surface area contributed by atoms with Crippen molar-refractivity contribution in [1.29, 1.82) is 0 Å². The van der Waals surface area contributed by atoms with Crippen molar-refractivity contribution in [1.82, 2.24) is 10.0 Å². The van der Waals surface area contributed by atoms with Crippen LogP contribution in [-0.4, -0.2) is 59.7 Å². The Hall–Kier alpha value is -3.39. The fourth-order valence-corrected chi connectivity index (χ4v) is 3.63. The molecule has 0 spiro atoms. The van der Waals surface area contributed by atoms with Crippen LogP contribution in [-0.2, 0) is 27.4 Å². The number of ether oxygens (including phenoxy) is 1. The highest BCUT2D eigenvalue weighted by atomic mass is 16.5. The van der Waals surface area contributed by atoms with E-state index in [1.54, 1.807) is 37.2 Å². The Bertz CT molecular complexity index is 966. The summed E-state index contributed by atoms with van der Waals surface area (Å²) >= 11 is 0. The third kappa shape index (κ3) is 5.21. The van der Waals surface area contributed by atoms with E-state index in [9.17, 15) is 19.5 Å². The van der Waals surface area contributed by atoms with E-state index in [2.05, 4.69) is 0 Å². The summed E-state index contributed by atoms with van der Waals surface area (Å²) in [6.07, 6.45) is 0. The topological polar surface area (TPSA) is 90.4 Å². The molecular weight excluding hydrogens is 398 g/mol. The lowest BCUT2D eigenvalue weighted by Gasteiger charge is -2.31. The fourth-order valence-electron chi connectivity index (χ4n) is 3.63. The number of carboxylic acids is 1. The van der Waals surface area contributed by atoms with E-state index >= 15 is 0 Å². The van der Waals surface area contributed by atoms with E-state index in [0.717, 1.165) is 5.56 Å². The number of carbonyl (C=O) groups is 3. The normalized spacial score (nSPS) is 12.9. The number of hydrogen-bond donors (Lipinski definition) is 1. The molecule has 0 fully saturated rings. The SMILES string of the molecule is CCOC(=O)c1ccc(C)c(N(CC(=O)O)CC(=O)N(C)N2Cc3ccccc3C2)c1. The molecule has 0 aliphatic carbocycles. The average molecular weight is 425 g/mol. The molecule has 1 aliphatic rings. The van der Waals surface area contributed by atoms with Crippen molar-refractivity contribution in [3.05, 3.63) is 64.7 Å². The third-order valence-corrected chi connectivity index (χ3v) is 5.32. The zero-order valence-electron chi connectivity index (χ0n) is 18.0. The molecule has 0 bridgehead atoms. The van der Waals surface area contributed by atoms with Crippen LogP contribution < -0.4 is 4.90 Å². The van der Waals surface area contributed by atoms with E-state index in [-0.39, 0.29) is 25.6 Å². The number of nitrogens with zero attached hydrogens (tertiary/aromatic N) is 3. The van der Waals surface area contributed by atoms with Gasteiger partial charge in [-0.1, -0.05) is 30.3 Å². The molecule has 1 amide bonds. The van der Waals surface area contributed by atoms with E-state index < -0.39 is 11.9 Å². The van der Waals surface area contributed by atoms with Gasteiger partial charge in [0.15, 0.2) is 0 Å². The molecule has 31 heavy (non-hydrogen) atoms. The van der Waals surface area contributed by atoms with E-state index in [1.165, 1.54) is 16.0 Å². The van der Waals surface area contributed by atoms with Crippen molar-refractivity contribution in [3.63, 3.8) is 0 Å². The smallest absolute Gasteiger partial charge is 0.338 e. The summed E-state index contributed by atoms with van der Waals surface area (Å²) in [5.74, 6) is -1.79. The number of esters is 1. The first-order chi connectivity index (χ1) is 14.8. The van der Waals surface area contributed by atoms with Gasteiger partial charge < -0.3 is 14.7 Å². The number of likely N-dealkylation sites (N-methyl/N-ethyl adjacent to an activating group) is 1. The number of hydrazine groups is 1. The van der Waals surface area contributed by atoms with Crippen molar-refractivity contribution >= 4 is 23.5 Å². The monoisotopic (exact) mass is 425 g/mol. The van der Waals surface area contributed by atoms with Gasteiger partial charge in [0.05, 0.1) is 18.7 Å². The molecular formula is C23H27N3O5. The van der Waals surface area contributed by atoms with E-state index in [0.29, 0.717) is 24.3 Å². The van der Waals surface area contributed by atoms with Crippen molar-refractivity contribution in [2.24, 2.45) is 0 Å². The Balaban J connectivity index is 1.79. The van der Waals surface area contributed by atoms with Crippen LogP contribution >= 0.6 is 0 Å². The van der Waals surface area contributed by atoms with Crippen molar-refractivity contribution in [2.75, 3.05) is 31.6 Å². The maximum absolute atomic E-state index is 13.0. The van der Waals surface area contributed by atoms with Crippen molar-refractivity contribution in [2.45, 2.75) is 26.9 Å². The summed E-state index contributed by atoms with van der Waals surface area (Å²) in [6.45, 7) is 4.50. The molecule has 8 heteroatoms. The number of carbonyl (C=O) groups excluding carboxylic acids is 2. The maximum Gasteiger partial charge on any atom is 0.338 e. The molecule has 0 aromatic heterocycles. The number of benzene rings is 2. The first-order valence-electron chi connectivity index (χ1n) is 10.1. The minimum Gasteiger partial charge on any atom is -0.480 e. The molecule has 1 aliphatic heterocycles. The molecule has 0 saturated carbocycles. The minimum atomic E-state index is -1.06. The number of anilines is 1. The van der Waals surface area contributed by atoms with E-state index in [1.807, 2.05) is 36.2 Å². The fraction of sp³-hybridized carbons (Fsp3) is 0.348. The van der Waals surface area contributed by atoms with Crippen LogP contribution in [0, 0.1) is 6.92 Å². The Morgan fingerprint density at radius 1 is 1.06 bits per heavy atom. The molecule has 3 rings (SSSR count). The molecule has 8 nitrogen and oxygen atoms in total. The van der Waals surface area contributed by atoms with Crippen LogP contribution in [0.15, 0.2) is 42.5 Å². The van der Waals surface area contributed by atoms with Crippen LogP contribution in [0.5, 0.6) is 0 Å². The lowest BCUT2D eigenvalue weighted by Crippen LogP contribution is -2.47. The van der Waals surface area contributed by atoms with Crippen molar-refractivity contribution < 1.29 is 24.2 Å². The molecule has 1 heterocycles. The summed E-state index contributed by atoms with van der Waals surface area (Å²) in [5, 5.41) is 12.9. The zero-order valence-corrected chi connectivity index (χ0v) is 18.0. The van der Waals surface area contributed by atoms with Crippen molar-refractivity contribution in [3.8, 4) is 0 Å². The van der Waals surface area contributed by atoms with Crippen LogP contribution in [0.25, 0.3) is 0 Å². The molecule has 2 aromatic carbocycles. The number of hydrogen-bond acceptors (Lipinski definition) is 6. The first kappa shape index (κ1) is 22.3. The van der Waals surface area contributed by atoms with Gasteiger partial charge in [0.1, 0.15) is 6.54 Å². The Morgan fingerprint density at radius 2 is 1.71 bits per heavy atom. The molecule has 0 atom stereocenters. The Kier molecular flexibility index (Phi) is 6.91. The van der Waals surface area contributed by atoms with Gasteiger partial charge in [0, 0.05) is 25.8 Å². The molecule has 0 saturated heterocycles. The highest BCUT2D eigenvalue weighted by molar-refractivity contribution is 5.92. The van der Waals surface area contributed by atoms with Gasteiger partial charge in [-0.3, -0.25) is 14.6 Å². The van der Waals surface area contributed by atoms with Crippen LogP contribution in [0.1, 0.15) is 34.0 Å². The second kappa shape index (κ2) is 9.61.